The van der Waals surface area contributed by atoms with Gasteiger partial charge in [-0.3, -0.25) is 10.6 Å². The topological polar surface area (TPSA) is 98.8 Å². The first-order chi connectivity index (χ1) is 8.52. The van der Waals surface area contributed by atoms with Crippen molar-refractivity contribution in [3.63, 3.8) is 0 Å². The van der Waals surface area contributed by atoms with E-state index in [9.17, 15) is 15.0 Å². The van der Waals surface area contributed by atoms with Crippen LogP contribution in [0.2, 0.25) is 0 Å². The Morgan fingerprint density at radius 3 is 2.56 bits per heavy atom. The Bertz CT molecular complexity index is 454. The average molecular weight is 251 g/mol. The molecule has 1 aromatic rings. The largest absolute Gasteiger partial charge is 0.388 e. The fraction of sp³-hybridized carbons (Fsp3) is 0.417. The van der Waals surface area contributed by atoms with Crippen LogP contribution in [0.1, 0.15) is 15.9 Å². The Balaban J connectivity index is 2.26. The molecule has 0 aromatic heterocycles. The van der Waals surface area contributed by atoms with E-state index in [0.29, 0.717) is 11.3 Å². The van der Waals surface area contributed by atoms with Gasteiger partial charge in [-0.05, 0) is 19.1 Å². The maximum absolute atomic E-state index is 12.3. The lowest BCUT2D eigenvalue weighted by Crippen LogP contribution is -2.31. The van der Waals surface area contributed by atoms with Crippen LogP contribution < -0.4 is 11.3 Å². The molecule has 2 unspecified atom stereocenters. The number of anilines is 1. The minimum Gasteiger partial charge on any atom is -0.388 e. The first-order valence-corrected chi connectivity index (χ1v) is 5.75. The van der Waals surface area contributed by atoms with E-state index in [0.717, 1.165) is 5.56 Å². The molecule has 0 aliphatic carbocycles. The van der Waals surface area contributed by atoms with Gasteiger partial charge >= 0.3 is 0 Å². The van der Waals surface area contributed by atoms with Crippen LogP contribution in [0.5, 0.6) is 0 Å². The van der Waals surface area contributed by atoms with Crippen molar-refractivity contribution in [3.05, 3.63) is 29.3 Å². The number of carbonyl (C=O) groups excluding carboxylic acids is 1. The molecule has 1 aliphatic rings. The number of hydrogen-bond donors (Lipinski definition) is 4. The standard InChI is InChI=1S/C12H17N3O3/c1-7-2-3-9(14-13)8(4-7)12(18)15-5-10(16)11(17)6-15/h2-4,10-11,14,16-17H,5-6,13H2,1H3. The molecule has 5 N–H and O–H groups in total. The lowest BCUT2D eigenvalue weighted by molar-refractivity contribution is 0.0572. The lowest BCUT2D eigenvalue weighted by Gasteiger charge is -2.18. The number of aliphatic hydroxyl groups is 2. The van der Waals surface area contributed by atoms with Gasteiger partial charge in [0.2, 0.25) is 0 Å². The summed E-state index contributed by atoms with van der Waals surface area (Å²) in [5.74, 6) is 5.12. The molecular weight excluding hydrogens is 234 g/mol. The molecule has 0 bridgehead atoms. The third-order valence-electron chi connectivity index (χ3n) is 3.11. The van der Waals surface area contributed by atoms with Crippen molar-refractivity contribution in [2.24, 2.45) is 5.84 Å². The summed E-state index contributed by atoms with van der Waals surface area (Å²) in [6, 6.07) is 5.31. The molecule has 0 radical (unpaired) electrons. The first-order valence-electron chi connectivity index (χ1n) is 5.75. The van der Waals surface area contributed by atoms with Gasteiger partial charge in [-0.25, -0.2) is 0 Å². The number of rotatable bonds is 2. The summed E-state index contributed by atoms with van der Waals surface area (Å²) in [4.78, 5) is 13.7. The van der Waals surface area contributed by atoms with E-state index in [-0.39, 0.29) is 19.0 Å². The van der Waals surface area contributed by atoms with Crippen molar-refractivity contribution >= 4 is 11.6 Å². The van der Waals surface area contributed by atoms with Crippen LogP contribution in [0, 0.1) is 6.92 Å². The van der Waals surface area contributed by atoms with Crippen molar-refractivity contribution in [1.82, 2.24) is 4.90 Å². The predicted octanol–water partition coefficient (Wildman–Crippen LogP) is -0.542. The van der Waals surface area contributed by atoms with Crippen molar-refractivity contribution in [1.29, 1.82) is 0 Å². The molecule has 1 aromatic carbocycles. The smallest absolute Gasteiger partial charge is 0.256 e. The zero-order valence-electron chi connectivity index (χ0n) is 10.1. The van der Waals surface area contributed by atoms with Gasteiger partial charge < -0.3 is 20.5 Å². The summed E-state index contributed by atoms with van der Waals surface area (Å²) < 4.78 is 0. The molecule has 0 spiro atoms. The molecule has 2 atom stereocenters. The average Bonchev–Trinajstić information content (AvgIpc) is 2.68. The monoisotopic (exact) mass is 251 g/mol. The predicted molar refractivity (Wildman–Crippen MR) is 66.9 cm³/mol. The molecule has 6 heteroatoms. The second-order valence-corrected chi connectivity index (χ2v) is 4.54. The Morgan fingerprint density at radius 1 is 1.39 bits per heavy atom. The van der Waals surface area contributed by atoms with Gasteiger partial charge in [0.25, 0.3) is 5.91 Å². The number of nitrogen functional groups attached to an aromatic ring is 1. The number of aryl methyl sites for hydroxylation is 1. The maximum Gasteiger partial charge on any atom is 0.256 e. The third-order valence-corrected chi connectivity index (χ3v) is 3.11. The molecule has 1 fully saturated rings. The van der Waals surface area contributed by atoms with Crippen molar-refractivity contribution in [3.8, 4) is 0 Å². The number of benzene rings is 1. The zero-order chi connectivity index (χ0) is 13.3. The Labute approximate surface area is 105 Å². The Kier molecular flexibility index (Phi) is 3.51. The quantitative estimate of drug-likeness (QED) is 0.418. The van der Waals surface area contributed by atoms with Crippen molar-refractivity contribution in [2.75, 3.05) is 18.5 Å². The number of nitrogens with two attached hydrogens (primary N) is 1. The van der Waals surface area contributed by atoms with Crippen LogP contribution in [0.15, 0.2) is 18.2 Å². The summed E-state index contributed by atoms with van der Waals surface area (Å²) in [5, 5.41) is 18.9. The van der Waals surface area contributed by atoms with Crippen LogP contribution in [-0.4, -0.2) is 46.3 Å². The highest BCUT2D eigenvalue weighted by molar-refractivity contribution is 6.00. The fourth-order valence-corrected chi connectivity index (χ4v) is 2.07. The summed E-state index contributed by atoms with van der Waals surface area (Å²) in [6.45, 7) is 2.15. The van der Waals surface area contributed by atoms with E-state index < -0.39 is 12.2 Å². The number of amides is 1. The van der Waals surface area contributed by atoms with E-state index >= 15 is 0 Å². The molecule has 1 aliphatic heterocycles. The number of β-amino-alcohol motifs (C(OH)–C–C–N with tert-alkyl or cyclic N) is 2. The normalized spacial score (nSPS) is 23.2. The highest BCUT2D eigenvalue weighted by Crippen LogP contribution is 2.21. The first kappa shape index (κ1) is 12.8. The number of carbonyl (C=O) groups is 1. The SMILES string of the molecule is Cc1ccc(NN)c(C(=O)N2CC(O)C(O)C2)c1. The molecular formula is C12H17N3O3. The molecule has 6 nitrogen and oxygen atoms in total. The number of likely N-dealkylation sites (tertiary alicyclic amines) is 1. The maximum atomic E-state index is 12.3. The number of aliphatic hydroxyl groups excluding tert-OH is 2. The highest BCUT2D eigenvalue weighted by atomic mass is 16.3. The van der Waals surface area contributed by atoms with Gasteiger partial charge in [-0.1, -0.05) is 11.6 Å². The summed E-state index contributed by atoms with van der Waals surface area (Å²) in [5.41, 5.74) is 4.39. The molecule has 0 saturated carbocycles. The molecule has 98 valence electrons. The van der Waals surface area contributed by atoms with Gasteiger partial charge in [0.15, 0.2) is 0 Å². The van der Waals surface area contributed by atoms with Gasteiger partial charge in [0.1, 0.15) is 0 Å². The third kappa shape index (κ3) is 2.31. The van der Waals surface area contributed by atoms with E-state index in [2.05, 4.69) is 5.43 Å². The van der Waals surface area contributed by atoms with Gasteiger partial charge in [0, 0.05) is 13.1 Å². The Morgan fingerprint density at radius 2 is 2.00 bits per heavy atom. The summed E-state index contributed by atoms with van der Waals surface area (Å²) >= 11 is 0. The second kappa shape index (κ2) is 4.93. The van der Waals surface area contributed by atoms with Crippen molar-refractivity contribution in [2.45, 2.75) is 19.1 Å². The van der Waals surface area contributed by atoms with E-state index in [1.54, 1.807) is 12.1 Å². The van der Waals surface area contributed by atoms with Crippen LogP contribution in [-0.2, 0) is 0 Å². The second-order valence-electron chi connectivity index (χ2n) is 4.54. The Hall–Kier alpha value is -1.63. The summed E-state index contributed by atoms with van der Waals surface area (Å²) in [7, 11) is 0. The molecule has 1 saturated heterocycles. The number of nitrogens with zero attached hydrogens (tertiary/aromatic N) is 1. The number of hydrazine groups is 1. The fourth-order valence-electron chi connectivity index (χ4n) is 2.07. The van der Waals surface area contributed by atoms with Gasteiger partial charge in [-0.15, -0.1) is 0 Å². The van der Waals surface area contributed by atoms with Crippen LogP contribution in [0.3, 0.4) is 0 Å². The van der Waals surface area contributed by atoms with Crippen LogP contribution in [0.4, 0.5) is 5.69 Å². The van der Waals surface area contributed by atoms with E-state index in [4.69, 9.17) is 5.84 Å². The zero-order valence-corrected chi connectivity index (χ0v) is 10.1. The molecule has 2 rings (SSSR count). The summed E-state index contributed by atoms with van der Waals surface area (Å²) in [6.07, 6.45) is -1.76. The highest BCUT2D eigenvalue weighted by Gasteiger charge is 2.33. The van der Waals surface area contributed by atoms with Gasteiger partial charge in [0.05, 0.1) is 23.5 Å². The molecule has 1 amide bonds. The van der Waals surface area contributed by atoms with Crippen molar-refractivity contribution < 1.29 is 15.0 Å². The van der Waals surface area contributed by atoms with Crippen LogP contribution in [0.25, 0.3) is 0 Å². The lowest BCUT2D eigenvalue weighted by atomic mass is 10.1. The van der Waals surface area contributed by atoms with E-state index in [1.165, 1.54) is 4.90 Å². The minimum atomic E-state index is -0.881. The minimum absolute atomic E-state index is 0.137. The van der Waals surface area contributed by atoms with E-state index in [1.807, 2.05) is 13.0 Å². The number of hydrogen-bond acceptors (Lipinski definition) is 5. The number of nitrogens with one attached hydrogen (secondary N) is 1. The molecule has 1 heterocycles. The van der Waals surface area contributed by atoms with Crippen LogP contribution >= 0.6 is 0 Å². The molecule has 18 heavy (non-hydrogen) atoms. The van der Waals surface area contributed by atoms with Gasteiger partial charge in [-0.2, -0.15) is 0 Å².